The summed E-state index contributed by atoms with van der Waals surface area (Å²) in [7, 11) is 0. The van der Waals surface area contributed by atoms with Crippen molar-refractivity contribution in [1.82, 2.24) is 0 Å². The van der Waals surface area contributed by atoms with Crippen LogP contribution < -0.4 is 0 Å². The standard InChI is InChI=1S/C17H17NO6/c19-12-3-2-11(15(21)9-12)5-6-18-13(17(23)24)7-10-1-4-14(20)16(22)8-10/h1-4,6,8-9,13,19-22H,5,7H2,(H,23,24). The van der Waals surface area contributed by atoms with Crippen LogP contribution in [0.3, 0.4) is 0 Å². The summed E-state index contributed by atoms with van der Waals surface area (Å²) < 4.78 is 0. The van der Waals surface area contributed by atoms with E-state index in [-0.39, 0.29) is 35.8 Å². The van der Waals surface area contributed by atoms with E-state index in [1.165, 1.54) is 42.6 Å². The smallest absolute Gasteiger partial charge is 0.328 e. The van der Waals surface area contributed by atoms with E-state index >= 15 is 0 Å². The molecule has 0 heterocycles. The molecular formula is C17H17NO6. The van der Waals surface area contributed by atoms with Crippen LogP contribution in [0.25, 0.3) is 0 Å². The monoisotopic (exact) mass is 331 g/mol. The summed E-state index contributed by atoms with van der Waals surface area (Å²) in [6.07, 6.45) is 1.63. The van der Waals surface area contributed by atoms with Gasteiger partial charge < -0.3 is 25.5 Å². The van der Waals surface area contributed by atoms with Crippen LogP contribution in [-0.2, 0) is 17.6 Å². The molecule has 0 aliphatic rings. The van der Waals surface area contributed by atoms with Crippen LogP contribution in [0.5, 0.6) is 23.0 Å². The van der Waals surface area contributed by atoms with Gasteiger partial charge in [-0.2, -0.15) is 0 Å². The number of carboxylic acid groups (broad SMARTS) is 1. The lowest BCUT2D eigenvalue weighted by atomic mass is 10.1. The van der Waals surface area contributed by atoms with Crippen molar-refractivity contribution in [3.63, 3.8) is 0 Å². The summed E-state index contributed by atoms with van der Waals surface area (Å²) in [6.45, 7) is 0. The van der Waals surface area contributed by atoms with Crippen LogP contribution in [0.4, 0.5) is 0 Å². The quantitative estimate of drug-likeness (QED) is 0.405. The minimum atomic E-state index is -1.13. The fourth-order valence-electron chi connectivity index (χ4n) is 2.13. The van der Waals surface area contributed by atoms with E-state index in [1.54, 1.807) is 0 Å². The Bertz CT molecular complexity index is 772. The lowest BCUT2D eigenvalue weighted by Crippen LogP contribution is -2.21. The number of hydrogen-bond acceptors (Lipinski definition) is 6. The topological polar surface area (TPSA) is 131 Å². The first kappa shape index (κ1) is 17.1. The largest absolute Gasteiger partial charge is 0.508 e. The molecule has 0 radical (unpaired) electrons. The molecule has 0 bridgehead atoms. The first-order valence-corrected chi connectivity index (χ1v) is 7.13. The van der Waals surface area contributed by atoms with Gasteiger partial charge in [-0.25, -0.2) is 4.79 Å². The maximum Gasteiger partial charge on any atom is 0.328 e. The molecule has 0 aliphatic carbocycles. The highest BCUT2D eigenvalue weighted by molar-refractivity contribution is 5.77. The molecule has 126 valence electrons. The molecule has 2 rings (SSSR count). The van der Waals surface area contributed by atoms with Crippen molar-refractivity contribution in [3.05, 3.63) is 47.5 Å². The number of nitrogens with zero attached hydrogens (tertiary/aromatic N) is 1. The van der Waals surface area contributed by atoms with Gasteiger partial charge in [0.05, 0.1) is 0 Å². The lowest BCUT2D eigenvalue weighted by Gasteiger charge is -2.09. The maximum atomic E-state index is 11.3. The first-order chi connectivity index (χ1) is 11.4. The highest BCUT2D eigenvalue weighted by Gasteiger charge is 2.17. The molecule has 1 atom stereocenters. The molecule has 1 unspecified atom stereocenters. The SMILES string of the molecule is O=C(O)C(Cc1ccc(O)c(O)c1)N=CCc1ccc(O)cc1O. The predicted octanol–water partition coefficient (Wildman–Crippen LogP) is 1.82. The van der Waals surface area contributed by atoms with Gasteiger partial charge in [0.1, 0.15) is 11.5 Å². The van der Waals surface area contributed by atoms with Gasteiger partial charge in [0.25, 0.3) is 0 Å². The van der Waals surface area contributed by atoms with E-state index < -0.39 is 12.0 Å². The number of aliphatic carboxylic acids is 1. The van der Waals surface area contributed by atoms with Gasteiger partial charge >= 0.3 is 5.97 Å². The predicted molar refractivity (Wildman–Crippen MR) is 86.9 cm³/mol. The number of aromatic hydroxyl groups is 4. The van der Waals surface area contributed by atoms with Gasteiger partial charge in [-0.05, 0) is 29.3 Å². The highest BCUT2D eigenvalue weighted by atomic mass is 16.4. The Morgan fingerprint density at radius 1 is 1.00 bits per heavy atom. The molecule has 0 amide bonds. The van der Waals surface area contributed by atoms with Gasteiger partial charge in [-0.3, -0.25) is 4.99 Å². The fraction of sp³-hybridized carbons (Fsp3) is 0.176. The zero-order valence-corrected chi connectivity index (χ0v) is 12.6. The normalized spacial score (nSPS) is 12.3. The van der Waals surface area contributed by atoms with Gasteiger partial charge in [0.2, 0.25) is 0 Å². The van der Waals surface area contributed by atoms with Crippen molar-refractivity contribution >= 4 is 12.2 Å². The van der Waals surface area contributed by atoms with E-state index in [1.807, 2.05) is 0 Å². The summed E-state index contributed by atoms with van der Waals surface area (Å²) in [4.78, 5) is 15.3. The van der Waals surface area contributed by atoms with Crippen LogP contribution in [-0.4, -0.2) is 43.8 Å². The van der Waals surface area contributed by atoms with E-state index in [2.05, 4.69) is 4.99 Å². The second-order valence-corrected chi connectivity index (χ2v) is 5.23. The lowest BCUT2D eigenvalue weighted by molar-refractivity contribution is -0.138. The van der Waals surface area contributed by atoms with Gasteiger partial charge in [0.15, 0.2) is 17.5 Å². The van der Waals surface area contributed by atoms with Crippen molar-refractivity contribution in [2.24, 2.45) is 4.99 Å². The number of hydrogen-bond donors (Lipinski definition) is 5. The number of carboxylic acids is 1. The molecule has 0 fully saturated rings. The Balaban J connectivity index is 2.07. The zero-order chi connectivity index (χ0) is 17.7. The molecule has 7 nitrogen and oxygen atoms in total. The van der Waals surface area contributed by atoms with Crippen molar-refractivity contribution in [2.45, 2.75) is 18.9 Å². The molecule has 0 saturated heterocycles. The van der Waals surface area contributed by atoms with Crippen molar-refractivity contribution in [3.8, 4) is 23.0 Å². The van der Waals surface area contributed by atoms with Crippen LogP contribution >= 0.6 is 0 Å². The molecule has 0 spiro atoms. The summed E-state index contributed by atoms with van der Waals surface area (Å²) in [5.41, 5.74) is 1.02. The Hall–Kier alpha value is -3.22. The van der Waals surface area contributed by atoms with Crippen molar-refractivity contribution in [1.29, 1.82) is 0 Å². The van der Waals surface area contributed by atoms with Gasteiger partial charge in [-0.1, -0.05) is 12.1 Å². The van der Waals surface area contributed by atoms with Crippen LogP contribution in [0.2, 0.25) is 0 Å². The molecule has 24 heavy (non-hydrogen) atoms. The van der Waals surface area contributed by atoms with E-state index in [0.29, 0.717) is 11.1 Å². The minimum Gasteiger partial charge on any atom is -0.508 e. The van der Waals surface area contributed by atoms with Gasteiger partial charge in [-0.15, -0.1) is 0 Å². The van der Waals surface area contributed by atoms with Gasteiger partial charge in [0, 0.05) is 25.1 Å². The second kappa shape index (κ2) is 7.36. The molecule has 2 aromatic carbocycles. The maximum absolute atomic E-state index is 11.3. The third-order valence-electron chi connectivity index (χ3n) is 3.42. The minimum absolute atomic E-state index is 0.0429. The fourth-order valence-corrected chi connectivity index (χ4v) is 2.13. The average Bonchev–Trinajstić information content (AvgIpc) is 2.51. The van der Waals surface area contributed by atoms with Crippen LogP contribution in [0.1, 0.15) is 11.1 Å². The molecule has 0 saturated carbocycles. The third-order valence-corrected chi connectivity index (χ3v) is 3.42. The number of benzene rings is 2. The van der Waals surface area contributed by atoms with E-state index in [0.717, 1.165) is 0 Å². The Morgan fingerprint density at radius 3 is 2.38 bits per heavy atom. The highest BCUT2D eigenvalue weighted by Crippen LogP contribution is 2.26. The molecule has 2 aromatic rings. The molecule has 5 N–H and O–H groups in total. The van der Waals surface area contributed by atoms with Crippen molar-refractivity contribution < 1.29 is 30.3 Å². The Morgan fingerprint density at radius 2 is 1.75 bits per heavy atom. The number of phenols is 4. The summed E-state index contributed by atoms with van der Waals surface area (Å²) in [6, 6.07) is 7.13. The van der Waals surface area contributed by atoms with Crippen LogP contribution in [0, 0.1) is 0 Å². The average molecular weight is 331 g/mol. The first-order valence-electron chi connectivity index (χ1n) is 7.13. The summed E-state index contributed by atoms with van der Waals surface area (Å²) in [5.74, 6) is -1.90. The number of aliphatic imine (C=N–C) groups is 1. The zero-order valence-electron chi connectivity index (χ0n) is 12.6. The molecule has 0 aromatic heterocycles. The molecule has 7 heteroatoms. The number of rotatable bonds is 6. The van der Waals surface area contributed by atoms with Crippen molar-refractivity contribution in [2.75, 3.05) is 0 Å². The number of carbonyl (C=O) groups is 1. The van der Waals surface area contributed by atoms with E-state index in [9.17, 15) is 30.3 Å². The summed E-state index contributed by atoms with van der Waals surface area (Å²) >= 11 is 0. The molecular weight excluding hydrogens is 314 g/mol. The summed E-state index contributed by atoms with van der Waals surface area (Å²) in [5, 5.41) is 46.8. The Kier molecular flexibility index (Phi) is 5.26. The Labute approximate surface area is 137 Å². The van der Waals surface area contributed by atoms with E-state index in [4.69, 9.17) is 0 Å². The molecule has 0 aliphatic heterocycles. The second-order valence-electron chi connectivity index (χ2n) is 5.23. The van der Waals surface area contributed by atoms with Crippen LogP contribution in [0.15, 0.2) is 41.4 Å². The number of phenolic OH excluding ortho intramolecular Hbond substituents is 4. The third kappa shape index (κ3) is 4.39.